The van der Waals surface area contributed by atoms with Gasteiger partial charge in [-0.3, -0.25) is 4.79 Å². The van der Waals surface area contributed by atoms with Gasteiger partial charge in [-0.15, -0.1) is 0 Å². The summed E-state index contributed by atoms with van der Waals surface area (Å²) in [6.07, 6.45) is 4.69. The fourth-order valence-electron chi connectivity index (χ4n) is 3.11. The number of benzene rings is 1. The van der Waals surface area contributed by atoms with Gasteiger partial charge in [0.1, 0.15) is 0 Å². The number of rotatable bonds is 5. The van der Waals surface area contributed by atoms with Crippen LogP contribution in [-0.4, -0.2) is 16.3 Å². The summed E-state index contributed by atoms with van der Waals surface area (Å²) in [4.78, 5) is 14.4. The number of carbonyl (C=O) groups excluding carboxylic acids is 1. The van der Waals surface area contributed by atoms with Gasteiger partial charge in [-0.1, -0.05) is 41.4 Å². The van der Waals surface area contributed by atoms with Crippen LogP contribution in [0.2, 0.25) is 0 Å². The van der Waals surface area contributed by atoms with Crippen molar-refractivity contribution < 1.29 is 4.79 Å². The summed E-state index contributed by atoms with van der Waals surface area (Å²) in [6, 6.07) is 6.87. The van der Waals surface area contributed by atoms with Gasteiger partial charge in [0, 0.05) is 22.5 Å². The van der Waals surface area contributed by atoms with Crippen LogP contribution in [0.3, 0.4) is 0 Å². The van der Waals surface area contributed by atoms with Crippen molar-refractivity contribution >= 4 is 27.5 Å². The first kappa shape index (κ1) is 16.5. The Morgan fingerprint density at radius 2 is 2.14 bits per heavy atom. The van der Waals surface area contributed by atoms with E-state index in [1.54, 1.807) is 0 Å². The molecule has 0 saturated heterocycles. The van der Waals surface area contributed by atoms with Gasteiger partial charge in [0.25, 0.3) is 0 Å². The molecule has 0 radical (unpaired) electrons. The first-order valence-corrected chi connectivity index (χ1v) is 8.74. The Bertz CT molecular complexity index is 518. The smallest absolute Gasteiger partial charge is 0.227 e. The van der Waals surface area contributed by atoms with E-state index in [9.17, 15) is 4.79 Å². The minimum absolute atomic E-state index is 0.113. The van der Waals surface area contributed by atoms with Gasteiger partial charge in [-0.2, -0.15) is 0 Å². The average Bonchev–Trinajstić information content (AvgIpc) is 2.69. The second-order valence-corrected chi connectivity index (χ2v) is 8.93. The second-order valence-electron chi connectivity index (χ2n) is 6.78. The van der Waals surface area contributed by atoms with Crippen LogP contribution in [0.25, 0.3) is 0 Å². The van der Waals surface area contributed by atoms with Gasteiger partial charge in [-0.25, -0.2) is 0 Å². The first-order valence-electron chi connectivity index (χ1n) is 7.94. The molecule has 1 aliphatic heterocycles. The molecule has 0 saturated carbocycles. The third-order valence-corrected chi connectivity index (χ3v) is 4.28. The lowest BCUT2D eigenvalue weighted by Crippen LogP contribution is -2.35. The molecular weight excluding hydrogens is 326 g/mol. The topological polar surface area (TPSA) is 20.3 Å². The maximum absolute atomic E-state index is 12.4. The highest BCUT2D eigenvalue weighted by Crippen LogP contribution is 2.35. The minimum Gasteiger partial charge on any atom is -0.309 e. The number of carbonyl (C=O) groups is 1. The number of fused-ring (bicyclic) bond motifs is 1. The summed E-state index contributed by atoms with van der Waals surface area (Å²) in [6.45, 7) is 8.65. The van der Waals surface area contributed by atoms with Crippen molar-refractivity contribution in [3.8, 4) is 0 Å². The lowest BCUT2D eigenvalue weighted by Gasteiger charge is -2.23. The summed E-state index contributed by atoms with van der Waals surface area (Å²) in [5.41, 5.74) is 3.78. The monoisotopic (exact) mass is 351 g/mol. The zero-order chi connectivity index (χ0) is 15.6. The summed E-state index contributed by atoms with van der Waals surface area (Å²) >= 11 is 3.71. The van der Waals surface area contributed by atoms with E-state index in [1.165, 1.54) is 11.1 Å². The molecule has 0 fully saturated rings. The SMILES string of the molecule is CCCCC(=O)N1c2ccc(CC(C)(C)Br)cc2CC1C. The number of unbranched alkanes of at least 4 members (excludes halogenated alkanes) is 1. The highest BCUT2D eigenvalue weighted by molar-refractivity contribution is 9.10. The molecule has 1 heterocycles. The Hall–Kier alpha value is -0.830. The lowest BCUT2D eigenvalue weighted by molar-refractivity contribution is -0.119. The molecule has 2 nitrogen and oxygen atoms in total. The number of nitrogens with zero attached hydrogens (tertiary/aromatic N) is 1. The van der Waals surface area contributed by atoms with Crippen LogP contribution in [-0.2, 0) is 17.6 Å². The molecule has 0 aromatic heterocycles. The quantitative estimate of drug-likeness (QED) is 0.693. The van der Waals surface area contributed by atoms with E-state index in [0.29, 0.717) is 6.42 Å². The molecule has 1 aromatic rings. The van der Waals surface area contributed by atoms with Crippen molar-refractivity contribution in [1.82, 2.24) is 0 Å². The van der Waals surface area contributed by atoms with E-state index < -0.39 is 0 Å². The van der Waals surface area contributed by atoms with E-state index >= 15 is 0 Å². The summed E-state index contributed by atoms with van der Waals surface area (Å²) < 4.78 is 0.113. The maximum Gasteiger partial charge on any atom is 0.227 e. The second kappa shape index (κ2) is 6.51. The van der Waals surface area contributed by atoms with Crippen LogP contribution in [0.4, 0.5) is 5.69 Å². The van der Waals surface area contributed by atoms with Crippen LogP contribution in [0, 0.1) is 0 Å². The van der Waals surface area contributed by atoms with Crippen LogP contribution in [0.5, 0.6) is 0 Å². The maximum atomic E-state index is 12.4. The molecule has 1 aliphatic rings. The predicted octanol–water partition coefficient (Wildman–Crippen LogP) is 4.87. The fourth-order valence-corrected chi connectivity index (χ4v) is 3.43. The van der Waals surface area contributed by atoms with Gasteiger partial charge in [0.15, 0.2) is 0 Å². The Morgan fingerprint density at radius 1 is 1.43 bits per heavy atom. The number of amides is 1. The average molecular weight is 352 g/mol. The molecule has 0 bridgehead atoms. The Kier molecular flexibility index (Phi) is 5.13. The van der Waals surface area contributed by atoms with Gasteiger partial charge in [0.05, 0.1) is 0 Å². The predicted molar refractivity (Wildman–Crippen MR) is 93.3 cm³/mol. The molecule has 0 N–H and O–H groups in total. The van der Waals surface area contributed by atoms with Crippen LogP contribution >= 0.6 is 15.9 Å². The Labute approximate surface area is 137 Å². The molecule has 1 aromatic carbocycles. The molecular formula is C18H26BrNO. The zero-order valence-corrected chi connectivity index (χ0v) is 15.2. The normalized spacial score (nSPS) is 18.0. The van der Waals surface area contributed by atoms with Gasteiger partial charge in [0.2, 0.25) is 5.91 Å². The Morgan fingerprint density at radius 3 is 2.76 bits per heavy atom. The number of hydrogen-bond donors (Lipinski definition) is 0. The molecule has 1 unspecified atom stereocenters. The summed E-state index contributed by atoms with van der Waals surface area (Å²) in [5.74, 6) is 0.275. The van der Waals surface area contributed by atoms with E-state index in [2.05, 4.69) is 61.8 Å². The molecule has 0 spiro atoms. The molecule has 1 amide bonds. The molecule has 116 valence electrons. The van der Waals surface area contributed by atoms with E-state index in [1.807, 2.05) is 4.90 Å². The zero-order valence-electron chi connectivity index (χ0n) is 13.6. The number of alkyl halides is 1. The van der Waals surface area contributed by atoms with E-state index in [4.69, 9.17) is 0 Å². The van der Waals surface area contributed by atoms with Crippen LogP contribution < -0.4 is 4.90 Å². The minimum atomic E-state index is 0.113. The van der Waals surface area contributed by atoms with Gasteiger partial charge in [-0.05, 0) is 57.2 Å². The molecule has 0 aliphatic carbocycles. The van der Waals surface area contributed by atoms with Gasteiger partial charge < -0.3 is 4.90 Å². The number of halogens is 1. The lowest BCUT2D eigenvalue weighted by atomic mass is 9.99. The van der Waals surface area contributed by atoms with Gasteiger partial charge >= 0.3 is 0 Å². The number of anilines is 1. The van der Waals surface area contributed by atoms with Crippen molar-refractivity contribution in [1.29, 1.82) is 0 Å². The molecule has 2 rings (SSSR count). The fraction of sp³-hybridized carbons (Fsp3) is 0.611. The van der Waals surface area contributed by atoms with Crippen molar-refractivity contribution in [3.05, 3.63) is 29.3 Å². The highest BCUT2D eigenvalue weighted by atomic mass is 79.9. The van der Waals surface area contributed by atoms with Crippen molar-refractivity contribution in [2.45, 2.75) is 70.2 Å². The molecule has 21 heavy (non-hydrogen) atoms. The highest BCUT2D eigenvalue weighted by Gasteiger charge is 2.30. The molecule has 3 heteroatoms. The summed E-state index contributed by atoms with van der Waals surface area (Å²) in [5, 5.41) is 0. The van der Waals surface area contributed by atoms with Crippen molar-refractivity contribution in [2.75, 3.05) is 4.90 Å². The standard InChI is InChI=1S/C18H26BrNO/c1-5-6-7-17(21)20-13(2)10-15-11-14(8-9-16(15)20)12-18(3,4)19/h8-9,11,13H,5-7,10,12H2,1-4H3. The number of hydrogen-bond acceptors (Lipinski definition) is 1. The third kappa shape index (κ3) is 4.09. The largest absolute Gasteiger partial charge is 0.309 e. The van der Waals surface area contributed by atoms with Crippen LogP contribution in [0.1, 0.15) is 58.1 Å². The van der Waals surface area contributed by atoms with Crippen molar-refractivity contribution in [2.24, 2.45) is 0 Å². The summed E-state index contributed by atoms with van der Waals surface area (Å²) in [7, 11) is 0. The van der Waals surface area contributed by atoms with Crippen molar-refractivity contribution in [3.63, 3.8) is 0 Å². The molecule has 1 atom stereocenters. The Balaban J connectivity index is 2.20. The van der Waals surface area contributed by atoms with E-state index in [-0.39, 0.29) is 16.3 Å². The first-order chi connectivity index (χ1) is 9.81. The van der Waals surface area contributed by atoms with Crippen LogP contribution in [0.15, 0.2) is 18.2 Å². The third-order valence-electron chi connectivity index (χ3n) is 4.00. The van der Waals surface area contributed by atoms with E-state index in [0.717, 1.165) is 31.4 Å².